The third-order valence-electron chi connectivity index (χ3n) is 3.40. The van der Waals surface area contributed by atoms with Gasteiger partial charge in [0.1, 0.15) is 0 Å². The number of benzene rings is 2. The van der Waals surface area contributed by atoms with E-state index in [1.54, 1.807) is 0 Å². The van der Waals surface area contributed by atoms with E-state index in [4.69, 9.17) is 0 Å². The Bertz CT molecular complexity index is 576. The number of hydrogen-bond donors (Lipinski definition) is 0. The minimum absolute atomic E-state index is 0.543. The van der Waals surface area contributed by atoms with E-state index in [1.807, 2.05) is 6.07 Å². The monoisotopic (exact) mass is 232 g/mol. The first-order valence-electron chi connectivity index (χ1n) is 6.42. The van der Waals surface area contributed by atoms with Crippen LogP contribution in [0.2, 0.25) is 0 Å². The maximum atomic E-state index is 2.31. The molecule has 0 saturated heterocycles. The van der Waals surface area contributed by atoms with E-state index in [2.05, 4.69) is 72.8 Å². The van der Waals surface area contributed by atoms with Crippen molar-refractivity contribution in [3.8, 4) is 0 Å². The molecule has 88 valence electrons. The molecule has 0 spiro atoms. The first-order valence-corrected chi connectivity index (χ1v) is 6.42. The van der Waals surface area contributed by atoms with Crippen LogP contribution in [-0.4, -0.2) is 0 Å². The van der Waals surface area contributed by atoms with Gasteiger partial charge in [0.15, 0.2) is 0 Å². The second kappa shape index (κ2) is 5.05. The van der Waals surface area contributed by atoms with E-state index in [-0.39, 0.29) is 0 Å². The van der Waals surface area contributed by atoms with Gasteiger partial charge >= 0.3 is 0 Å². The van der Waals surface area contributed by atoms with Crippen LogP contribution in [0.1, 0.15) is 29.0 Å². The molecule has 1 aliphatic carbocycles. The van der Waals surface area contributed by atoms with Crippen LogP contribution in [0.3, 0.4) is 0 Å². The van der Waals surface area contributed by atoms with E-state index in [9.17, 15) is 0 Å². The molecule has 0 radical (unpaired) electrons. The summed E-state index contributed by atoms with van der Waals surface area (Å²) in [6.07, 6.45) is 10.1. The number of allylic oxidation sites excluding steroid dienone is 2. The Hall–Kier alpha value is -2.08. The predicted molar refractivity (Wildman–Crippen MR) is 78.3 cm³/mol. The average Bonchev–Trinajstić information content (AvgIpc) is 2.84. The maximum absolute atomic E-state index is 2.31. The largest absolute Gasteiger partial charge is 0.0830 e. The van der Waals surface area contributed by atoms with Crippen LogP contribution in [0.15, 0.2) is 66.7 Å². The SMILES string of the molecule is C1=CC(C/C=C/c2ccccc2)c2ccccc21. The Morgan fingerprint density at radius 1 is 0.889 bits per heavy atom. The Morgan fingerprint density at radius 2 is 1.67 bits per heavy atom. The van der Waals surface area contributed by atoms with Gasteiger partial charge in [0.25, 0.3) is 0 Å². The van der Waals surface area contributed by atoms with Crippen LogP contribution in [0.5, 0.6) is 0 Å². The van der Waals surface area contributed by atoms with Crippen molar-refractivity contribution in [3.05, 3.63) is 83.4 Å². The van der Waals surface area contributed by atoms with Crippen molar-refractivity contribution in [1.82, 2.24) is 0 Å². The summed E-state index contributed by atoms with van der Waals surface area (Å²) in [5.41, 5.74) is 4.10. The fourth-order valence-corrected chi connectivity index (χ4v) is 2.44. The Balaban J connectivity index is 1.69. The van der Waals surface area contributed by atoms with Crippen molar-refractivity contribution in [1.29, 1.82) is 0 Å². The van der Waals surface area contributed by atoms with Crippen molar-refractivity contribution in [2.45, 2.75) is 12.3 Å². The van der Waals surface area contributed by atoms with E-state index < -0.39 is 0 Å². The van der Waals surface area contributed by atoms with E-state index >= 15 is 0 Å². The van der Waals surface area contributed by atoms with Crippen molar-refractivity contribution in [2.75, 3.05) is 0 Å². The smallest absolute Gasteiger partial charge is 0.00618 e. The molecule has 1 aliphatic rings. The van der Waals surface area contributed by atoms with Gasteiger partial charge < -0.3 is 0 Å². The molecule has 0 nitrogen and oxygen atoms in total. The number of fused-ring (bicyclic) bond motifs is 1. The molecule has 0 amide bonds. The molecule has 2 aromatic rings. The van der Waals surface area contributed by atoms with Crippen molar-refractivity contribution in [2.24, 2.45) is 0 Å². The summed E-state index contributed by atoms with van der Waals surface area (Å²) in [6.45, 7) is 0. The van der Waals surface area contributed by atoms with Crippen LogP contribution in [0.25, 0.3) is 12.2 Å². The van der Waals surface area contributed by atoms with E-state index in [0.717, 1.165) is 6.42 Å². The summed E-state index contributed by atoms with van der Waals surface area (Å²) in [4.78, 5) is 0. The fourth-order valence-electron chi connectivity index (χ4n) is 2.44. The second-order valence-corrected chi connectivity index (χ2v) is 4.64. The standard InChI is InChI=1S/C18H16/c1-2-7-15(8-3-1)9-6-11-17-14-13-16-10-4-5-12-18(16)17/h1-10,12-14,17H,11H2/b9-6+. The molecule has 2 aromatic carbocycles. The summed E-state index contributed by atoms with van der Waals surface area (Å²) in [6, 6.07) is 19.1. The molecular formula is C18H16. The van der Waals surface area contributed by atoms with Gasteiger partial charge in [0.2, 0.25) is 0 Å². The quantitative estimate of drug-likeness (QED) is 0.706. The summed E-state index contributed by atoms with van der Waals surface area (Å²) >= 11 is 0. The van der Waals surface area contributed by atoms with Gasteiger partial charge in [-0.2, -0.15) is 0 Å². The maximum Gasteiger partial charge on any atom is 0.00618 e. The van der Waals surface area contributed by atoms with Crippen LogP contribution in [0, 0.1) is 0 Å². The number of hydrogen-bond acceptors (Lipinski definition) is 0. The molecule has 0 saturated carbocycles. The normalized spacial score (nSPS) is 17.2. The zero-order valence-corrected chi connectivity index (χ0v) is 10.3. The van der Waals surface area contributed by atoms with Gasteiger partial charge in [-0.1, -0.05) is 78.9 Å². The van der Waals surface area contributed by atoms with Gasteiger partial charge in [-0.05, 0) is 23.1 Å². The minimum Gasteiger partial charge on any atom is -0.0830 e. The molecule has 3 rings (SSSR count). The first-order chi connectivity index (χ1) is 8.93. The van der Waals surface area contributed by atoms with Crippen LogP contribution in [-0.2, 0) is 0 Å². The summed E-state index contributed by atoms with van der Waals surface area (Å²) in [7, 11) is 0. The van der Waals surface area contributed by atoms with Crippen molar-refractivity contribution < 1.29 is 0 Å². The van der Waals surface area contributed by atoms with Gasteiger partial charge in [0.05, 0.1) is 0 Å². The zero-order chi connectivity index (χ0) is 12.2. The lowest BCUT2D eigenvalue weighted by Crippen LogP contribution is -1.90. The fraction of sp³-hybridized carbons (Fsp3) is 0.111. The second-order valence-electron chi connectivity index (χ2n) is 4.64. The summed E-state index contributed by atoms with van der Waals surface area (Å²) in [5, 5.41) is 0. The van der Waals surface area contributed by atoms with Crippen molar-refractivity contribution in [3.63, 3.8) is 0 Å². The highest BCUT2D eigenvalue weighted by Crippen LogP contribution is 2.32. The zero-order valence-electron chi connectivity index (χ0n) is 10.3. The highest BCUT2D eigenvalue weighted by Gasteiger charge is 2.14. The topological polar surface area (TPSA) is 0 Å². The lowest BCUT2D eigenvalue weighted by Gasteiger charge is -2.07. The molecule has 0 heteroatoms. The molecule has 0 bridgehead atoms. The van der Waals surface area contributed by atoms with Crippen LogP contribution in [0.4, 0.5) is 0 Å². The van der Waals surface area contributed by atoms with Crippen LogP contribution < -0.4 is 0 Å². The first kappa shape index (κ1) is 11.0. The molecular weight excluding hydrogens is 216 g/mol. The van der Waals surface area contributed by atoms with E-state index in [0.29, 0.717) is 5.92 Å². The predicted octanol–water partition coefficient (Wildman–Crippen LogP) is 4.90. The van der Waals surface area contributed by atoms with Gasteiger partial charge in [-0.15, -0.1) is 0 Å². The van der Waals surface area contributed by atoms with Gasteiger partial charge in [0, 0.05) is 5.92 Å². The molecule has 1 atom stereocenters. The van der Waals surface area contributed by atoms with Gasteiger partial charge in [-0.25, -0.2) is 0 Å². The summed E-state index contributed by atoms with van der Waals surface area (Å²) < 4.78 is 0. The van der Waals surface area contributed by atoms with E-state index in [1.165, 1.54) is 16.7 Å². The lowest BCUT2D eigenvalue weighted by molar-refractivity contribution is 0.882. The molecule has 0 N–H and O–H groups in total. The number of rotatable bonds is 3. The average molecular weight is 232 g/mol. The Kier molecular flexibility index (Phi) is 3.10. The third kappa shape index (κ3) is 2.28. The molecule has 0 aromatic heterocycles. The lowest BCUT2D eigenvalue weighted by atomic mass is 9.97. The molecule has 0 fully saturated rings. The minimum atomic E-state index is 0.543. The molecule has 0 aliphatic heterocycles. The molecule has 1 unspecified atom stereocenters. The third-order valence-corrected chi connectivity index (χ3v) is 3.40. The molecule has 18 heavy (non-hydrogen) atoms. The highest BCUT2D eigenvalue weighted by atomic mass is 14.2. The summed E-state index contributed by atoms with van der Waals surface area (Å²) in [5.74, 6) is 0.543. The molecule has 0 heterocycles. The van der Waals surface area contributed by atoms with Crippen molar-refractivity contribution >= 4 is 12.2 Å². The van der Waals surface area contributed by atoms with Crippen LogP contribution >= 0.6 is 0 Å². The van der Waals surface area contributed by atoms with Gasteiger partial charge in [-0.3, -0.25) is 0 Å². The Morgan fingerprint density at radius 3 is 2.56 bits per heavy atom. The highest BCUT2D eigenvalue weighted by molar-refractivity contribution is 5.62. The Labute approximate surface area is 108 Å².